The van der Waals surface area contributed by atoms with Gasteiger partial charge in [-0.2, -0.15) is 0 Å². The van der Waals surface area contributed by atoms with Crippen molar-refractivity contribution in [1.82, 2.24) is 0 Å². The normalized spacial score (nSPS) is 12.3. The predicted octanol–water partition coefficient (Wildman–Crippen LogP) is 14.5. The molecule has 0 aliphatic carbocycles. The predicted molar refractivity (Wildman–Crippen MR) is 208 cm³/mol. The highest BCUT2D eigenvalue weighted by Gasteiger charge is 2.11. The molecule has 258 valence electrons. The molecule has 0 unspecified atom stereocenters. The molecule has 2 nitrogen and oxygen atoms in total. The van der Waals surface area contributed by atoms with Crippen LogP contribution in [-0.4, -0.2) is 11.4 Å². The molecule has 0 spiro atoms. The zero-order valence-electron chi connectivity index (χ0n) is 31.5. The topological polar surface area (TPSA) is 24.7 Å². The maximum atomic E-state index is 5.22. The van der Waals surface area contributed by atoms with Crippen molar-refractivity contribution in [3.05, 3.63) is 58.1 Å². The highest BCUT2D eigenvalue weighted by Crippen LogP contribution is 2.28. The summed E-state index contributed by atoms with van der Waals surface area (Å²) in [7, 11) is 0. The van der Waals surface area contributed by atoms with E-state index < -0.39 is 0 Å². The molecular formula is C44H72N2. The van der Waals surface area contributed by atoms with Gasteiger partial charge < -0.3 is 0 Å². The van der Waals surface area contributed by atoms with Crippen LogP contribution in [0.2, 0.25) is 0 Å². The molecule has 2 heteroatoms. The lowest BCUT2D eigenvalue weighted by atomic mass is 9.92. The number of nitrogens with zero attached hydrogens (tertiary/aromatic N) is 2. The summed E-state index contributed by atoms with van der Waals surface area (Å²) in [5.41, 5.74) is 11.9. The molecule has 0 saturated heterocycles. The number of aryl methyl sites for hydroxylation is 4. The number of hydrogen-bond acceptors (Lipinski definition) is 2. The first-order chi connectivity index (χ1) is 22.5. The summed E-state index contributed by atoms with van der Waals surface area (Å²) in [6.45, 7) is 15.9. The molecule has 2 aromatic carbocycles. The minimum atomic E-state index is 0.887. The Labute approximate surface area is 286 Å². The minimum Gasteiger partial charge on any atom is -0.252 e. The fourth-order valence-electron chi connectivity index (χ4n) is 6.79. The lowest BCUT2D eigenvalue weighted by Crippen LogP contribution is -2.09. The Bertz CT molecular complexity index is 1150. The lowest BCUT2D eigenvalue weighted by molar-refractivity contribution is 0.605. The Hall–Kier alpha value is -2.22. The summed E-state index contributed by atoms with van der Waals surface area (Å²) in [5.74, 6) is 0. The molecular weight excluding hydrogens is 556 g/mol. The standard InChI is InChI=1S/C44H72N2/c1-8-13-17-20-22-25-28-38-31-32-41(34-39(38)29-24-19-15-10-3)46-44(12-5)37(7)45-42-33-36(6)43(40(35-42)27-16-11-4)30-26-23-21-18-14-9-2/h31-35H,8-30H2,1-7H3. The summed E-state index contributed by atoms with van der Waals surface area (Å²) in [4.78, 5) is 10.4. The van der Waals surface area contributed by atoms with E-state index in [0.717, 1.165) is 35.6 Å². The molecule has 0 bridgehead atoms. The van der Waals surface area contributed by atoms with Crippen LogP contribution in [0.5, 0.6) is 0 Å². The zero-order chi connectivity index (χ0) is 33.4. The van der Waals surface area contributed by atoms with Gasteiger partial charge in [-0.3, -0.25) is 9.98 Å². The van der Waals surface area contributed by atoms with Crippen LogP contribution in [0.1, 0.15) is 191 Å². The van der Waals surface area contributed by atoms with Crippen LogP contribution >= 0.6 is 0 Å². The highest BCUT2D eigenvalue weighted by molar-refractivity contribution is 6.42. The van der Waals surface area contributed by atoms with Gasteiger partial charge in [0.05, 0.1) is 22.8 Å². The van der Waals surface area contributed by atoms with Crippen LogP contribution < -0.4 is 0 Å². The third-order valence-electron chi connectivity index (χ3n) is 9.73. The third kappa shape index (κ3) is 15.6. The molecule has 0 atom stereocenters. The molecule has 0 N–H and O–H groups in total. The summed E-state index contributed by atoms with van der Waals surface area (Å²) >= 11 is 0. The van der Waals surface area contributed by atoms with E-state index in [4.69, 9.17) is 9.98 Å². The maximum Gasteiger partial charge on any atom is 0.0639 e. The van der Waals surface area contributed by atoms with E-state index >= 15 is 0 Å². The van der Waals surface area contributed by atoms with Crippen LogP contribution in [-0.2, 0) is 25.7 Å². The van der Waals surface area contributed by atoms with Crippen LogP contribution in [0.4, 0.5) is 11.4 Å². The van der Waals surface area contributed by atoms with Crippen molar-refractivity contribution >= 4 is 22.8 Å². The zero-order valence-corrected chi connectivity index (χ0v) is 31.5. The second-order valence-corrected chi connectivity index (χ2v) is 13.9. The van der Waals surface area contributed by atoms with Gasteiger partial charge in [0.15, 0.2) is 0 Å². The highest BCUT2D eigenvalue weighted by atomic mass is 14.8. The van der Waals surface area contributed by atoms with Crippen molar-refractivity contribution in [1.29, 1.82) is 0 Å². The Morgan fingerprint density at radius 3 is 1.59 bits per heavy atom. The quantitative estimate of drug-likeness (QED) is 0.0731. The van der Waals surface area contributed by atoms with Crippen LogP contribution in [0.15, 0.2) is 40.3 Å². The first-order valence-electron chi connectivity index (χ1n) is 19.8. The van der Waals surface area contributed by atoms with Crippen LogP contribution in [0.3, 0.4) is 0 Å². The van der Waals surface area contributed by atoms with E-state index in [1.165, 1.54) is 152 Å². The van der Waals surface area contributed by atoms with Crippen molar-refractivity contribution in [3.63, 3.8) is 0 Å². The van der Waals surface area contributed by atoms with Gasteiger partial charge in [0, 0.05) is 0 Å². The van der Waals surface area contributed by atoms with E-state index in [9.17, 15) is 0 Å². The molecule has 0 aliphatic rings. The van der Waals surface area contributed by atoms with E-state index in [-0.39, 0.29) is 0 Å². The molecule has 0 amide bonds. The largest absolute Gasteiger partial charge is 0.252 e. The average Bonchev–Trinajstić information content (AvgIpc) is 3.05. The second kappa shape index (κ2) is 24.9. The molecule has 0 radical (unpaired) electrons. The van der Waals surface area contributed by atoms with Gasteiger partial charge in [-0.05, 0) is 124 Å². The van der Waals surface area contributed by atoms with Gasteiger partial charge in [-0.1, -0.05) is 131 Å². The fourth-order valence-corrected chi connectivity index (χ4v) is 6.79. The first kappa shape index (κ1) is 40.0. The van der Waals surface area contributed by atoms with Gasteiger partial charge >= 0.3 is 0 Å². The minimum absolute atomic E-state index is 0.887. The Morgan fingerprint density at radius 2 is 0.978 bits per heavy atom. The van der Waals surface area contributed by atoms with Crippen molar-refractivity contribution in [2.75, 3.05) is 0 Å². The van der Waals surface area contributed by atoms with Gasteiger partial charge in [0.1, 0.15) is 0 Å². The van der Waals surface area contributed by atoms with Gasteiger partial charge in [-0.15, -0.1) is 0 Å². The molecule has 2 aromatic rings. The maximum absolute atomic E-state index is 5.22. The van der Waals surface area contributed by atoms with Crippen molar-refractivity contribution < 1.29 is 0 Å². The van der Waals surface area contributed by atoms with E-state index in [1.54, 1.807) is 11.1 Å². The second-order valence-electron chi connectivity index (χ2n) is 13.9. The van der Waals surface area contributed by atoms with E-state index in [0.29, 0.717) is 0 Å². The van der Waals surface area contributed by atoms with Gasteiger partial charge in [0.25, 0.3) is 0 Å². The number of aliphatic imine (C=N–C) groups is 2. The van der Waals surface area contributed by atoms with E-state index in [2.05, 4.69) is 78.8 Å². The van der Waals surface area contributed by atoms with Crippen LogP contribution in [0.25, 0.3) is 0 Å². The van der Waals surface area contributed by atoms with Crippen molar-refractivity contribution in [2.45, 2.75) is 196 Å². The summed E-state index contributed by atoms with van der Waals surface area (Å²) < 4.78 is 0. The number of unbranched alkanes of at least 4 members (excludes halogenated alkanes) is 14. The molecule has 0 fully saturated rings. The summed E-state index contributed by atoms with van der Waals surface area (Å²) in [5, 5.41) is 0. The molecule has 0 saturated carbocycles. The molecule has 2 rings (SSSR count). The smallest absolute Gasteiger partial charge is 0.0639 e. The lowest BCUT2D eigenvalue weighted by Gasteiger charge is -2.15. The number of hydrogen-bond donors (Lipinski definition) is 0. The average molecular weight is 629 g/mol. The summed E-state index contributed by atoms with van der Waals surface area (Å²) in [6.07, 6.45) is 29.5. The van der Waals surface area contributed by atoms with Gasteiger partial charge in [0.2, 0.25) is 0 Å². The first-order valence-corrected chi connectivity index (χ1v) is 19.8. The fraction of sp³-hybridized carbons (Fsp3) is 0.682. The van der Waals surface area contributed by atoms with E-state index in [1.807, 2.05) is 0 Å². The number of rotatable bonds is 26. The Morgan fingerprint density at radius 1 is 0.478 bits per heavy atom. The molecule has 0 heterocycles. The van der Waals surface area contributed by atoms with Crippen molar-refractivity contribution in [3.8, 4) is 0 Å². The Kier molecular flexibility index (Phi) is 21.6. The Balaban J connectivity index is 2.25. The van der Waals surface area contributed by atoms with Gasteiger partial charge in [-0.25, -0.2) is 0 Å². The SMILES string of the molecule is CCCCCCCCc1ccc(N=C(CC)C(C)=Nc2cc(C)c(CCCCCCCC)c(CCCC)c2)cc1CCCCCC. The van der Waals surface area contributed by atoms with Crippen LogP contribution in [0, 0.1) is 6.92 Å². The number of benzene rings is 2. The molecule has 0 aromatic heterocycles. The van der Waals surface area contributed by atoms with Crippen molar-refractivity contribution in [2.24, 2.45) is 9.98 Å². The molecule has 0 aliphatic heterocycles. The monoisotopic (exact) mass is 629 g/mol. The summed E-state index contributed by atoms with van der Waals surface area (Å²) in [6, 6.07) is 11.7. The third-order valence-corrected chi connectivity index (χ3v) is 9.73. The molecule has 46 heavy (non-hydrogen) atoms.